The topological polar surface area (TPSA) is 58.1 Å². The third kappa shape index (κ3) is 7.73. The first kappa shape index (κ1) is 22.6. The van der Waals surface area contributed by atoms with E-state index in [9.17, 15) is 4.39 Å². The van der Waals surface area contributed by atoms with Crippen LogP contribution in [0.2, 0.25) is 0 Å². The number of guanidine groups is 1. The molecule has 0 amide bonds. The Morgan fingerprint density at radius 3 is 2.93 bits per heavy atom. The minimum absolute atomic E-state index is 0.149. The van der Waals surface area contributed by atoms with Crippen LogP contribution in [-0.4, -0.2) is 63.4 Å². The number of aliphatic imine (C=N–C) groups is 1. The molecule has 6 nitrogen and oxygen atoms in total. The highest BCUT2D eigenvalue weighted by Crippen LogP contribution is 2.12. The van der Waals surface area contributed by atoms with Gasteiger partial charge in [0.2, 0.25) is 0 Å². The summed E-state index contributed by atoms with van der Waals surface area (Å²) in [6.45, 7) is 12.5. The van der Waals surface area contributed by atoms with Gasteiger partial charge in [0.1, 0.15) is 5.82 Å². The first-order valence-corrected chi connectivity index (χ1v) is 10.1. The maximum atomic E-state index is 13.8. The number of morpholine rings is 1. The minimum Gasteiger partial charge on any atom is -0.380 e. The molecule has 1 aliphatic rings. The van der Waals surface area contributed by atoms with Gasteiger partial charge in [-0.05, 0) is 30.5 Å². The van der Waals surface area contributed by atoms with Gasteiger partial charge in [0.25, 0.3) is 0 Å². The molecule has 1 atom stereocenters. The van der Waals surface area contributed by atoms with Crippen molar-refractivity contribution in [3.63, 3.8) is 0 Å². The summed E-state index contributed by atoms with van der Waals surface area (Å²) in [5, 5.41) is 6.63. The number of halogens is 1. The summed E-state index contributed by atoms with van der Waals surface area (Å²) in [5.74, 6) is 1.15. The Morgan fingerprint density at radius 2 is 2.21 bits per heavy atom. The summed E-state index contributed by atoms with van der Waals surface area (Å²) in [6.07, 6.45) is 0.149. The standard InChI is InChI=1S/C21H35FN4O2/c1-5-23-21(24-11-17-6-7-20(22)18(10-17)15-27-4)25-12-19-14-26(8-9-28-19)13-16(2)3/h6-7,10,16,19H,5,8-9,11-15H2,1-4H3,(H2,23,24,25). The summed E-state index contributed by atoms with van der Waals surface area (Å²) in [7, 11) is 1.56. The van der Waals surface area contributed by atoms with Crippen molar-refractivity contribution in [2.45, 2.75) is 40.0 Å². The van der Waals surface area contributed by atoms with Crippen LogP contribution in [0.15, 0.2) is 23.2 Å². The normalized spacial score (nSPS) is 18.5. The molecular formula is C21H35FN4O2. The van der Waals surface area contributed by atoms with E-state index in [1.54, 1.807) is 19.2 Å². The first-order valence-electron chi connectivity index (χ1n) is 10.1. The van der Waals surface area contributed by atoms with Crippen LogP contribution in [0.25, 0.3) is 0 Å². The zero-order chi connectivity index (χ0) is 20.4. The highest BCUT2D eigenvalue weighted by molar-refractivity contribution is 5.79. The molecule has 1 saturated heterocycles. The second-order valence-electron chi connectivity index (χ2n) is 7.58. The van der Waals surface area contributed by atoms with E-state index in [4.69, 9.17) is 9.47 Å². The van der Waals surface area contributed by atoms with Gasteiger partial charge in [-0.25, -0.2) is 9.38 Å². The average molecular weight is 395 g/mol. The van der Waals surface area contributed by atoms with Crippen molar-refractivity contribution in [2.75, 3.05) is 46.4 Å². The highest BCUT2D eigenvalue weighted by Gasteiger charge is 2.21. The van der Waals surface area contributed by atoms with Gasteiger partial charge < -0.3 is 20.1 Å². The zero-order valence-electron chi connectivity index (χ0n) is 17.6. The van der Waals surface area contributed by atoms with Crippen LogP contribution in [0.5, 0.6) is 0 Å². The lowest BCUT2D eigenvalue weighted by Crippen LogP contribution is -2.50. The van der Waals surface area contributed by atoms with E-state index in [0.717, 1.165) is 44.3 Å². The van der Waals surface area contributed by atoms with E-state index in [-0.39, 0.29) is 18.5 Å². The Labute approximate surface area is 168 Å². The van der Waals surface area contributed by atoms with E-state index in [1.165, 1.54) is 6.07 Å². The number of nitrogens with one attached hydrogen (secondary N) is 2. The van der Waals surface area contributed by atoms with Crippen LogP contribution in [0.4, 0.5) is 4.39 Å². The molecule has 1 aromatic carbocycles. The minimum atomic E-state index is -0.250. The number of nitrogens with zero attached hydrogens (tertiary/aromatic N) is 2. The molecule has 28 heavy (non-hydrogen) atoms. The Kier molecular flexibility index (Phi) is 9.67. The lowest BCUT2D eigenvalue weighted by atomic mass is 10.1. The molecule has 0 spiro atoms. The molecule has 1 fully saturated rings. The first-order chi connectivity index (χ1) is 13.5. The van der Waals surface area contributed by atoms with Gasteiger partial charge in [-0.15, -0.1) is 0 Å². The third-order valence-electron chi connectivity index (χ3n) is 4.52. The molecule has 1 heterocycles. The van der Waals surface area contributed by atoms with Crippen molar-refractivity contribution in [3.05, 3.63) is 35.1 Å². The molecule has 0 radical (unpaired) electrons. The molecule has 0 aromatic heterocycles. The predicted octanol–water partition coefficient (Wildman–Crippen LogP) is 2.38. The van der Waals surface area contributed by atoms with Gasteiger partial charge in [-0.2, -0.15) is 0 Å². The van der Waals surface area contributed by atoms with Gasteiger partial charge in [-0.1, -0.05) is 19.9 Å². The Balaban J connectivity index is 1.90. The third-order valence-corrected chi connectivity index (χ3v) is 4.52. The molecule has 158 valence electrons. The largest absolute Gasteiger partial charge is 0.380 e. The molecule has 0 bridgehead atoms. The number of hydrogen-bond donors (Lipinski definition) is 2. The SMILES string of the molecule is CCNC(=NCc1ccc(F)c(COC)c1)NCC1CN(CC(C)C)CCO1. The molecule has 0 saturated carbocycles. The molecular weight excluding hydrogens is 359 g/mol. The van der Waals surface area contributed by atoms with E-state index in [1.807, 2.05) is 6.92 Å². The molecule has 2 N–H and O–H groups in total. The van der Waals surface area contributed by atoms with Crippen molar-refractivity contribution >= 4 is 5.96 Å². The van der Waals surface area contributed by atoms with Crippen LogP contribution in [-0.2, 0) is 22.6 Å². The van der Waals surface area contributed by atoms with E-state index < -0.39 is 0 Å². The fraction of sp³-hybridized carbons (Fsp3) is 0.667. The number of methoxy groups -OCH3 is 1. The Bertz CT molecular complexity index is 624. The highest BCUT2D eigenvalue weighted by atomic mass is 19.1. The number of benzene rings is 1. The number of ether oxygens (including phenoxy) is 2. The van der Waals surface area contributed by atoms with Gasteiger partial charge >= 0.3 is 0 Å². The van der Waals surface area contributed by atoms with Crippen LogP contribution in [0, 0.1) is 11.7 Å². The summed E-state index contributed by atoms with van der Waals surface area (Å²) in [4.78, 5) is 7.09. The monoisotopic (exact) mass is 394 g/mol. The van der Waals surface area contributed by atoms with Crippen LogP contribution in [0.3, 0.4) is 0 Å². The van der Waals surface area contributed by atoms with Crippen LogP contribution < -0.4 is 10.6 Å². The van der Waals surface area contributed by atoms with Crippen molar-refractivity contribution < 1.29 is 13.9 Å². The molecule has 1 unspecified atom stereocenters. The van der Waals surface area contributed by atoms with E-state index in [2.05, 4.69) is 34.4 Å². The van der Waals surface area contributed by atoms with E-state index in [0.29, 0.717) is 24.6 Å². The van der Waals surface area contributed by atoms with Crippen molar-refractivity contribution in [1.29, 1.82) is 0 Å². The summed E-state index contributed by atoms with van der Waals surface area (Å²) in [6, 6.07) is 5.04. The fourth-order valence-electron chi connectivity index (χ4n) is 3.30. The van der Waals surface area contributed by atoms with Gasteiger partial charge in [0, 0.05) is 45.4 Å². The molecule has 0 aliphatic carbocycles. The molecule has 2 rings (SSSR count). The van der Waals surface area contributed by atoms with Crippen molar-refractivity contribution in [1.82, 2.24) is 15.5 Å². The van der Waals surface area contributed by atoms with Crippen LogP contribution >= 0.6 is 0 Å². The molecule has 1 aliphatic heterocycles. The Hall–Kier alpha value is -1.70. The summed E-state index contributed by atoms with van der Waals surface area (Å²) in [5.41, 5.74) is 1.50. The lowest BCUT2D eigenvalue weighted by molar-refractivity contribution is -0.0284. The summed E-state index contributed by atoms with van der Waals surface area (Å²) < 4.78 is 24.7. The molecule has 7 heteroatoms. The van der Waals surface area contributed by atoms with Gasteiger partial charge in [0.05, 0.1) is 25.9 Å². The second kappa shape index (κ2) is 12.0. The lowest BCUT2D eigenvalue weighted by Gasteiger charge is -2.34. The quantitative estimate of drug-likeness (QED) is 0.498. The number of hydrogen-bond acceptors (Lipinski definition) is 4. The maximum Gasteiger partial charge on any atom is 0.191 e. The maximum absolute atomic E-state index is 13.8. The molecule has 1 aromatic rings. The Morgan fingerprint density at radius 1 is 1.39 bits per heavy atom. The van der Waals surface area contributed by atoms with Crippen molar-refractivity contribution in [2.24, 2.45) is 10.9 Å². The summed E-state index contributed by atoms with van der Waals surface area (Å²) >= 11 is 0. The second-order valence-corrected chi connectivity index (χ2v) is 7.58. The zero-order valence-corrected chi connectivity index (χ0v) is 17.6. The van der Waals surface area contributed by atoms with E-state index >= 15 is 0 Å². The fourth-order valence-corrected chi connectivity index (χ4v) is 3.30. The predicted molar refractivity (Wildman–Crippen MR) is 111 cm³/mol. The number of rotatable bonds is 9. The van der Waals surface area contributed by atoms with Crippen LogP contribution in [0.1, 0.15) is 31.9 Å². The average Bonchev–Trinajstić information content (AvgIpc) is 2.66. The van der Waals surface area contributed by atoms with Gasteiger partial charge in [0.15, 0.2) is 5.96 Å². The van der Waals surface area contributed by atoms with Crippen molar-refractivity contribution in [3.8, 4) is 0 Å². The smallest absolute Gasteiger partial charge is 0.191 e. The van der Waals surface area contributed by atoms with Gasteiger partial charge in [-0.3, -0.25) is 4.90 Å².